The molecule has 27 heavy (non-hydrogen) atoms. The number of alkyl carbamates (subject to hydrolysis) is 1. The van der Waals surface area contributed by atoms with Crippen LogP contribution in [0.25, 0.3) is 0 Å². The fourth-order valence-corrected chi connectivity index (χ4v) is 2.41. The second-order valence-corrected chi connectivity index (χ2v) is 6.90. The number of halogens is 5. The third-order valence-electron chi connectivity index (χ3n) is 3.42. The number of amides is 2. The molecule has 2 N–H and O–H groups in total. The number of anilines is 2. The fourth-order valence-electron chi connectivity index (χ4n) is 2.41. The third-order valence-corrected chi connectivity index (χ3v) is 3.42. The Morgan fingerprint density at radius 2 is 1.85 bits per heavy atom. The highest BCUT2D eigenvalue weighted by Gasteiger charge is 2.40. The number of hydrogen-bond acceptors (Lipinski definition) is 4. The van der Waals surface area contributed by atoms with E-state index in [9.17, 15) is 31.5 Å². The van der Waals surface area contributed by atoms with Crippen molar-refractivity contribution >= 4 is 23.4 Å². The molecule has 2 amide bonds. The van der Waals surface area contributed by atoms with E-state index in [1.807, 2.05) is 0 Å². The molecule has 0 saturated carbocycles. The summed E-state index contributed by atoms with van der Waals surface area (Å²) in [6.07, 6.45) is -5.82. The van der Waals surface area contributed by atoms with Crippen LogP contribution in [0.15, 0.2) is 12.1 Å². The van der Waals surface area contributed by atoms with E-state index in [4.69, 9.17) is 4.74 Å². The van der Waals surface area contributed by atoms with E-state index in [1.165, 1.54) is 0 Å². The van der Waals surface area contributed by atoms with E-state index in [0.29, 0.717) is 12.1 Å². The minimum Gasteiger partial charge on any atom is -0.444 e. The van der Waals surface area contributed by atoms with Gasteiger partial charge in [-0.05, 0) is 20.8 Å². The molecule has 0 fully saturated rings. The first kappa shape index (κ1) is 20.7. The number of benzene rings is 1. The van der Waals surface area contributed by atoms with Gasteiger partial charge in [-0.25, -0.2) is 13.6 Å². The van der Waals surface area contributed by atoms with Crippen molar-refractivity contribution in [2.24, 2.45) is 0 Å². The lowest BCUT2D eigenvalue weighted by Crippen LogP contribution is -2.53. The van der Waals surface area contributed by atoms with E-state index < -0.39 is 53.7 Å². The highest BCUT2D eigenvalue weighted by molar-refractivity contribution is 6.03. The molecule has 0 aromatic heterocycles. The maximum Gasteiger partial charge on any atom is 0.408 e. The summed E-state index contributed by atoms with van der Waals surface area (Å²) in [7, 11) is 0. The molecule has 1 aliphatic rings. The Morgan fingerprint density at radius 3 is 2.41 bits per heavy atom. The lowest BCUT2D eigenvalue weighted by atomic mass is 10.2. The van der Waals surface area contributed by atoms with Gasteiger partial charge in [-0.2, -0.15) is 13.2 Å². The normalized spacial score (nSPS) is 17.7. The zero-order chi connectivity index (χ0) is 20.6. The number of ether oxygens (including phenoxy) is 1. The summed E-state index contributed by atoms with van der Waals surface area (Å²) >= 11 is 0. The molecule has 0 radical (unpaired) electrons. The van der Waals surface area contributed by atoms with Crippen LogP contribution in [0.2, 0.25) is 0 Å². The number of nitrogens with zero attached hydrogens (tertiary/aromatic N) is 1. The Balaban J connectivity index is 2.36. The summed E-state index contributed by atoms with van der Waals surface area (Å²) in [6.45, 7) is 2.62. The maximum atomic E-state index is 13.6. The van der Waals surface area contributed by atoms with Crippen LogP contribution in [0.5, 0.6) is 0 Å². The highest BCUT2D eigenvalue weighted by atomic mass is 19.4. The molecular weight excluding hydrogens is 377 g/mol. The number of fused-ring (bicyclic) bond motifs is 1. The number of rotatable bonds is 2. The van der Waals surface area contributed by atoms with Crippen LogP contribution in [-0.4, -0.2) is 42.9 Å². The second-order valence-electron chi connectivity index (χ2n) is 6.90. The van der Waals surface area contributed by atoms with E-state index >= 15 is 0 Å². The number of hydrogen-bond donors (Lipinski definition) is 2. The van der Waals surface area contributed by atoms with Gasteiger partial charge in [0.05, 0.1) is 11.4 Å². The van der Waals surface area contributed by atoms with E-state index in [0.717, 1.165) is 0 Å². The Hall–Kier alpha value is -2.59. The third kappa shape index (κ3) is 5.44. The Bertz CT molecular complexity index is 746. The smallest absolute Gasteiger partial charge is 0.408 e. The molecule has 11 heteroatoms. The van der Waals surface area contributed by atoms with E-state index in [-0.39, 0.29) is 17.1 Å². The van der Waals surface area contributed by atoms with Gasteiger partial charge in [-0.3, -0.25) is 9.69 Å². The molecule has 0 bridgehead atoms. The average molecular weight is 395 g/mol. The van der Waals surface area contributed by atoms with Crippen molar-refractivity contribution in [3.63, 3.8) is 0 Å². The predicted molar refractivity (Wildman–Crippen MR) is 86.4 cm³/mol. The molecule has 1 aliphatic heterocycles. The monoisotopic (exact) mass is 395 g/mol. The first-order valence-electron chi connectivity index (χ1n) is 7.87. The summed E-state index contributed by atoms with van der Waals surface area (Å²) in [5.41, 5.74) is -1.59. The molecule has 0 aliphatic carbocycles. The number of alkyl halides is 3. The van der Waals surface area contributed by atoms with Crippen LogP contribution < -0.4 is 15.5 Å². The van der Waals surface area contributed by atoms with Gasteiger partial charge in [-0.15, -0.1) is 0 Å². The van der Waals surface area contributed by atoms with Crippen molar-refractivity contribution < 1.29 is 36.3 Å². The van der Waals surface area contributed by atoms with Crippen LogP contribution in [0.1, 0.15) is 20.8 Å². The largest absolute Gasteiger partial charge is 0.444 e. The summed E-state index contributed by atoms with van der Waals surface area (Å²) in [4.78, 5) is 24.7. The van der Waals surface area contributed by atoms with Crippen LogP contribution in [0, 0.1) is 11.6 Å². The van der Waals surface area contributed by atoms with E-state index in [1.54, 1.807) is 20.8 Å². The van der Waals surface area contributed by atoms with Crippen molar-refractivity contribution in [1.29, 1.82) is 0 Å². The van der Waals surface area contributed by atoms with Crippen molar-refractivity contribution in [3.05, 3.63) is 23.8 Å². The van der Waals surface area contributed by atoms with E-state index in [2.05, 4.69) is 10.6 Å². The molecule has 1 aromatic rings. The molecule has 1 atom stereocenters. The van der Waals surface area contributed by atoms with Crippen LogP contribution >= 0.6 is 0 Å². The van der Waals surface area contributed by atoms with Gasteiger partial charge in [-0.1, -0.05) is 0 Å². The Kier molecular flexibility index (Phi) is 5.52. The summed E-state index contributed by atoms with van der Waals surface area (Å²) in [5.74, 6) is -3.84. The average Bonchev–Trinajstić information content (AvgIpc) is 2.58. The number of nitrogens with one attached hydrogen (secondary N) is 2. The number of carbonyl (C=O) groups is 2. The molecule has 1 aromatic carbocycles. The molecular formula is C16H18F5N3O3. The molecule has 0 spiro atoms. The lowest BCUT2D eigenvalue weighted by molar-refractivity contribution is -0.133. The highest BCUT2D eigenvalue weighted by Crippen LogP contribution is 2.33. The van der Waals surface area contributed by atoms with Crippen molar-refractivity contribution in [2.45, 2.75) is 38.6 Å². The molecule has 2 rings (SSSR count). The standard InChI is InChI=1S/C16H18F5N3O3/c1-15(2,3)27-14(26)23-11-6-22-10-4-8(17)9(18)5-12(10)24(13(11)25)7-16(19,20)21/h4-5,11,22H,6-7H2,1-3H3,(H,23,26)/t11-/m0/s1. The topological polar surface area (TPSA) is 70.7 Å². The van der Waals surface area contributed by atoms with Crippen LogP contribution in [0.3, 0.4) is 0 Å². The van der Waals surface area contributed by atoms with Gasteiger partial charge in [0.15, 0.2) is 11.6 Å². The van der Waals surface area contributed by atoms with Gasteiger partial charge in [0.1, 0.15) is 18.2 Å². The lowest BCUT2D eigenvalue weighted by Gasteiger charge is -2.27. The molecule has 6 nitrogen and oxygen atoms in total. The van der Waals surface area contributed by atoms with Gasteiger partial charge in [0.25, 0.3) is 5.91 Å². The zero-order valence-corrected chi connectivity index (χ0v) is 14.7. The van der Waals surface area contributed by atoms with Crippen molar-refractivity contribution in [2.75, 3.05) is 23.3 Å². The van der Waals surface area contributed by atoms with Gasteiger partial charge in [0, 0.05) is 18.7 Å². The van der Waals surface area contributed by atoms with Crippen molar-refractivity contribution in [3.8, 4) is 0 Å². The summed E-state index contributed by atoms with van der Waals surface area (Å²) in [5, 5.41) is 4.73. The molecule has 1 heterocycles. The SMILES string of the molecule is CC(C)(C)OC(=O)N[C@H]1CNc2cc(F)c(F)cc2N(CC(F)(F)F)C1=O. The zero-order valence-electron chi connectivity index (χ0n) is 14.7. The van der Waals surface area contributed by atoms with Gasteiger partial charge >= 0.3 is 12.3 Å². The summed E-state index contributed by atoms with van der Waals surface area (Å²) in [6, 6.07) is -0.297. The molecule has 150 valence electrons. The molecule has 0 saturated heterocycles. The minimum absolute atomic E-state index is 0.208. The maximum absolute atomic E-state index is 13.6. The second kappa shape index (κ2) is 7.20. The van der Waals surface area contributed by atoms with Crippen LogP contribution in [0.4, 0.5) is 38.1 Å². The van der Waals surface area contributed by atoms with Crippen molar-refractivity contribution in [1.82, 2.24) is 5.32 Å². The number of carbonyl (C=O) groups excluding carboxylic acids is 2. The quantitative estimate of drug-likeness (QED) is 0.755. The summed E-state index contributed by atoms with van der Waals surface area (Å²) < 4.78 is 70.8. The Morgan fingerprint density at radius 1 is 1.26 bits per heavy atom. The Labute approximate surface area is 151 Å². The van der Waals surface area contributed by atoms with Crippen LogP contribution in [-0.2, 0) is 9.53 Å². The van der Waals surface area contributed by atoms with Gasteiger partial charge < -0.3 is 15.4 Å². The first-order chi connectivity index (χ1) is 12.3. The van der Waals surface area contributed by atoms with Gasteiger partial charge in [0.2, 0.25) is 0 Å². The minimum atomic E-state index is -4.81. The molecule has 0 unspecified atom stereocenters. The predicted octanol–water partition coefficient (Wildman–Crippen LogP) is 3.18. The fraction of sp³-hybridized carbons (Fsp3) is 0.500. The first-order valence-corrected chi connectivity index (χ1v) is 7.87.